The lowest BCUT2D eigenvalue weighted by Gasteiger charge is -2.30. The van der Waals surface area contributed by atoms with Gasteiger partial charge >= 0.3 is 6.03 Å². The van der Waals surface area contributed by atoms with Crippen molar-refractivity contribution in [2.75, 3.05) is 26.2 Å². The molecule has 0 aromatic rings. The predicted octanol–water partition coefficient (Wildman–Crippen LogP) is -0.486. The molecule has 0 aliphatic carbocycles. The van der Waals surface area contributed by atoms with E-state index in [0.717, 1.165) is 13.1 Å². The number of carbonyl (C=O) groups excluding carboxylic acids is 2. The van der Waals surface area contributed by atoms with Crippen LogP contribution in [0.25, 0.3) is 0 Å². The lowest BCUT2D eigenvalue weighted by molar-refractivity contribution is -0.133. The monoisotopic (exact) mass is 242 g/mol. The van der Waals surface area contributed by atoms with Crippen molar-refractivity contribution in [3.05, 3.63) is 0 Å². The smallest absolute Gasteiger partial charge is 0.315 e. The molecule has 1 atom stereocenters. The molecule has 0 saturated carbocycles. The summed E-state index contributed by atoms with van der Waals surface area (Å²) in [6.07, 6.45) is 0. The maximum Gasteiger partial charge on any atom is 0.315 e. The predicted molar refractivity (Wildman–Crippen MR) is 65.7 cm³/mol. The Hall–Kier alpha value is -1.30. The highest BCUT2D eigenvalue weighted by Gasteiger charge is 2.23. The first kappa shape index (κ1) is 13.8. The Balaban J connectivity index is 2.37. The van der Waals surface area contributed by atoms with Crippen LogP contribution in [-0.2, 0) is 4.79 Å². The lowest BCUT2D eigenvalue weighted by atomic mass is 10.2. The van der Waals surface area contributed by atoms with Crippen LogP contribution in [0.1, 0.15) is 20.8 Å². The summed E-state index contributed by atoms with van der Waals surface area (Å²) in [6.45, 7) is 8.51. The number of piperazine rings is 1. The Bertz CT molecular complexity index is 275. The standard InChI is InChI=1S/C11H22N4O2/c1-8(2)13-11(17)14-9(3)10(16)15-6-4-12-5-7-15/h8-9,12H,4-7H2,1-3H3,(H2,13,14,17). The molecular formula is C11H22N4O2. The maximum absolute atomic E-state index is 12.0. The first-order valence-electron chi connectivity index (χ1n) is 6.07. The molecule has 0 bridgehead atoms. The fraction of sp³-hybridized carbons (Fsp3) is 0.818. The van der Waals surface area contributed by atoms with Crippen LogP contribution >= 0.6 is 0 Å². The third-order valence-electron chi connectivity index (χ3n) is 2.57. The van der Waals surface area contributed by atoms with Crippen molar-refractivity contribution in [2.45, 2.75) is 32.9 Å². The molecule has 17 heavy (non-hydrogen) atoms. The number of urea groups is 1. The van der Waals surface area contributed by atoms with Gasteiger partial charge in [0.05, 0.1) is 0 Å². The third-order valence-corrected chi connectivity index (χ3v) is 2.57. The SMILES string of the molecule is CC(C)NC(=O)NC(C)C(=O)N1CCNCC1. The molecule has 3 amide bonds. The molecule has 0 aromatic heterocycles. The number of rotatable bonds is 3. The highest BCUT2D eigenvalue weighted by Crippen LogP contribution is 1.97. The van der Waals surface area contributed by atoms with Gasteiger partial charge in [0, 0.05) is 32.2 Å². The molecule has 1 rings (SSSR count). The molecule has 6 heteroatoms. The summed E-state index contributed by atoms with van der Waals surface area (Å²) in [7, 11) is 0. The van der Waals surface area contributed by atoms with Gasteiger partial charge in [0.1, 0.15) is 6.04 Å². The largest absolute Gasteiger partial charge is 0.338 e. The van der Waals surface area contributed by atoms with Crippen molar-refractivity contribution in [3.63, 3.8) is 0 Å². The molecule has 3 N–H and O–H groups in total. The van der Waals surface area contributed by atoms with E-state index in [9.17, 15) is 9.59 Å². The van der Waals surface area contributed by atoms with Gasteiger partial charge in [-0.1, -0.05) is 0 Å². The van der Waals surface area contributed by atoms with Crippen molar-refractivity contribution < 1.29 is 9.59 Å². The van der Waals surface area contributed by atoms with Crippen LogP contribution in [-0.4, -0.2) is 55.1 Å². The Morgan fingerprint density at radius 3 is 2.24 bits per heavy atom. The summed E-state index contributed by atoms with van der Waals surface area (Å²) >= 11 is 0. The summed E-state index contributed by atoms with van der Waals surface area (Å²) < 4.78 is 0. The van der Waals surface area contributed by atoms with Crippen molar-refractivity contribution in [1.29, 1.82) is 0 Å². The lowest BCUT2D eigenvalue weighted by Crippen LogP contribution is -2.54. The molecule has 1 heterocycles. The third kappa shape index (κ3) is 4.60. The fourth-order valence-corrected chi connectivity index (χ4v) is 1.72. The van der Waals surface area contributed by atoms with Crippen LogP contribution in [0.2, 0.25) is 0 Å². The van der Waals surface area contributed by atoms with Crippen LogP contribution in [0.4, 0.5) is 4.79 Å². The van der Waals surface area contributed by atoms with Crippen LogP contribution in [0.3, 0.4) is 0 Å². The number of carbonyl (C=O) groups is 2. The maximum atomic E-state index is 12.0. The van der Waals surface area contributed by atoms with Crippen molar-refractivity contribution in [1.82, 2.24) is 20.9 Å². The van der Waals surface area contributed by atoms with Gasteiger partial charge in [-0.15, -0.1) is 0 Å². The van der Waals surface area contributed by atoms with E-state index in [0.29, 0.717) is 13.1 Å². The number of hydrogen-bond acceptors (Lipinski definition) is 3. The molecule has 0 aromatic carbocycles. The normalized spacial score (nSPS) is 17.8. The number of amides is 3. The zero-order chi connectivity index (χ0) is 12.8. The minimum Gasteiger partial charge on any atom is -0.338 e. The second-order valence-electron chi connectivity index (χ2n) is 4.57. The molecular weight excluding hydrogens is 220 g/mol. The van der Waals surface area contributed by atoms with Crippen LogP contribution < -0.4 is 16.0 Å². The molecule has 1 aliphatic rings. The Labute approximate surface area is 102 Å². The Kier molecular flexibility index (Phi) is 5.21. The van der Waals surface area contributed by atoms with E-state index >= 15 is 0 Å². The number of hydrogen-bond donors (Lipinski definition) is 3. The van der Waals surface area contributed by atoms with E-state index < -0.39 is 6.04 Å². The van der Waals surface area contributed by atoms with Crippen molar-refractivity contribution >= 4 is 11.9 Å². The fourth-order valence-electron chi connectivity index (χ4n) is 1.72. The van der Waals surface area contributed by atoms with Crippen LogP contribution in [0.5, 0.6) is 0 Å². The van der Waals surface area contributed by atoms with E-state index in [-0.39, 0.29) is 18.0 Å². The minimum absolute atomic E-state index is 0.0228. The molecule has 0 spiro atoms. The summed E-state index contributed by atoms with van der Waals surface area (Å²) in [5.74, 6) is -0.0228. The summed E-state index contributed by atoms with van der Waals surface area (Å²) in [5, 5.41) is 8.53. The summed E-state index contributed by atoms with van der Waals surface area (Å²) in [5.41, 5.74) is 0. The molecule has 1 saturated heterocycles. The number of nitrogens with zero attached hydrogens (tertiary/aromatic N) is 1. The quantitative estimate of drug-likeness (QED) is 0.625. The molecule has 6 nitrogen and oxygen atoms in total. The second-order valence-corrected chi connectivity index (χ2v) is 4.57. The molecule has 1 aliphatic heterocycles. The van der Waals surface area contributed by atoms with E-state index in [4.69, 9.17) is 0 Å². The number of nitrogens with one attached hydrogen (secondary N) is 3. The average molecular weight is 242 g/mol. The van der Waals surface area contributed by atoms with Gasteiger partial charge < -0.3 is 20.9 Å². The van der Waals surface area contributed by atoms with Crippen LogP contribution in [0, 0.1) is 0 Å². The highest BCUT2D eigenvalue weighted by molar-refractivity contribution is 5.86. The zero-order valence-electron chi connectivity index (χ0n) is 10.7. The zero-order valence-corrected chi connectivity index (χ0v) is 10.7. The molecule has 1 unspecified atom stereocenters. The highest BCUT2D eigenvalue weighted by atomic mass is 16.2. The van der Waals surface area contributed by atoms with Gasteiger partial charge in [-0.25, -0.2) is 4.79 Å². The van der Waals surface area contributed by atoms with Gasteiger partial charge in [-0.05, 0) is 20.8 Å². The first-order chi connectivity index (χ1) is 8.00. The van der Waals surface area contributed by atoms with E-state index in [1.165, 1.54) is 0 Å². The van der Waals surface area contributed by atoms with E-state index in [2.05, 4.69) is 16.0 Å². The Morgan fingerprint density at radius 2 is 1.71 bits per heavy atom. The topological polar surface area (TPSA) is 73.5 Å². The first-order valence-corrected chi connectivity index (χ1v) is 6.07. The summed E-state index contributed by atoms with van der Waals surface area (Å²) in [6, 6.07) is -0.709. The van der Waals surface area contributed by atoms with Gasteiger partial charge in [-0.2, -0.15) is 0 Å². The van der Waals surface area contributed by atoms with Gasteiger partial charge in [0.25, 0.3) is 0 Å². The molecule has 1 fully saturated rings. The van der Waals surface area contributed by atoms with Crippen molar-refractivity contribution in [3.8, 4) is 0 Å². The Morgan fingerprint density at radius 1 is 1.12 bits per heavy atom. The molecule has 98 valence electrons. The van der Waals surface area contributed by atoms with Crippen LogP contribution in [0.15, 0.2) is 0 Å². The van der Waals surface area contributed by atoms with Gasteiger partial charge in [-0.3, -0.25) is 4.79 Å². The second kappa shape index (κ2) is 6.44. The van der Waals surface area contributed by atoms with Gasteiger partial charge in [0.15, 0.2) is 0 Å². The van der Waals surface area contributed by atoms with E-state index in [1.807, 2.05) is 13.8 Å². The summed E-state index contributed by atoms with van der Waals surface area (Å²) in [4.78, 5) is 25.2. The van der Waals surface area contributed by atoms with Crippen molar-refractivity contribution in [2.24, 2.45) is 0 Å². The van der Waals surface area contributed by atoms with E-state index in [1.54, 1.807) is 11.8 Å². The average Bonchev–Trinajstić information content (AvgIpc) is 2.28. The minimum atomic E-state index is -0.480. The molecule has 0 radical (unpaired) electrons. The van der Waals surface area contributed by atoms with Gasteiger partial charge in [0.2, 0.25) is 5.91 Å².